The van der Waals surface area contributed by atoms with Crippen molar-refractivity contribution in [2.45, 2.75) is 154 Å². The molecule has 3 aromatic carbocycles. The molecule has 262 valence electrons. The molecule has 3 aromatic rings. The molecule has 7 rings (SSSR count). The molecule has 0 N–H and O–H groups in total. The molecule has 0 saturated heterocycles. The van der Waals surface area contributed by atoms with Crippen LogP contribution in [-0.4, -0.2) is 24.4 Å². The summed E-state index contributed by atoms with van der Waals surface area (Å²) in [7, 11) is -1.83. The highest BCUT2D eigenvalue weighted by atomic mass is 28.3. The van der Waals surface area contributed by atoms with Crippen LogP contribution in [0.1, 0.15) is 130 Å². The van der Waals surface area contributed by atoms with Crippen LogP contribution in [0.3, 0.4) is 0 Å². The maximum absolute atomic E-state index is 3.17. The van der Waals surface area contributed by atoms with Crippen LogP contribution in [0.15, 0.2) is 78.4 Å². The molecule has 4 aliphatic carbocycles. The molecule has 0 bridgehead atoms. The number of fused-ring (bicyclic) bond motifs is 5. The Balaban J connectivity index is 1.36. The molecule has 0 amide bonds. The van der Waals surface area contributed by atoms with Gasteiger partial charge in [-0.3, -0.25) is 0 Å². The van der Waals surface area contributed by atoms with E-state index in [1.54, 1.807) is 22.3 Å². The molecular formula is C47H65NSi. The summed E-state index contributed by atoms with van der Waals surface area (Å²) in [6.07, 6.45) is 21.8. The maximum Gasteiger partial charge on any atom is 0.127 e. The van der Waals surface area contributed by atoms with Gasteiger partial charge in [0.05, 0.1) is 0 Å². The van der Waals surface area contributed by atoms with Gasteiger partial charge < -0.3 is 4.57 Å². The third kappa shape index (κ3) is 6.05. The molecular weight excluding hydrogens is 607 g/mol. The van der Waals surface area contributed by atoms with Gasteiger partial charge in [0.15, 0.2) is 0 Å². The minimum atomic E-state index is -1.83. The zero-order valence-electron chi connectivity index (χ0n) is 32.2. The molecule has 0 aromatic heterocycles. The lowest BCUT2D eigenvalue weighted by Gasteiger charge is -2.56. The van der Waals surface area contributed by atoms with Crippen molar-refractivity contribution in [3.8, 4) is 11.1 Å². The van der Waals surface area contributed by atoms with Crippen LogP contribution in [0, 0.1) is 17.8 Å². The summed E-state index contributed by atoms with van der Waals surface area (Å²) in [5.74, 6) is 2.10. The Kier molecular flexibility index (Phi) is 9.72. The van der Waals surface area contributed by atoms with Gasteiger partial charge in [0, 0.05) is 17.0 Å². The number of rotatable bonds is 10. The van der Waals surface area contributed by atoms with Crippen molar-refractivity contribution < 1.29 is 0 Å². The van der Waals surface area contributed by atoms with E-state index in [0.717, 1.165) is 17.5 Å². The van der Waals surface area contributed by atoms with Crippen LogP contribution in [0.5, 0.6) is 0 Å². The first-order valence-electron chi connectivity index (χ1n) is 20.4. The van der Waals surface area contributed by atoms with E-state index in [0.29, 0.717) is 11.8 Å². The van der Waals surface area contributed by atoms with E-state index in [1.165, 1.54) is 98.9 Å². The van der Waals surface area contributed by atoms with Gasteiger partial charge in [0.25, 0.3) is 0 Å². The quantitative estimate of drug-likeness (QED) is 0.194. The Morgan fingerprint density at radius 2 is 1.51 bits per heavy atom. The predicted octanol–water partition coefficient (Wildman–Crippen LogP) is 13.7. The minimum absolute atomic E-state index is 0.119. The minimum Gasteiger partial charge on any atom is -0.316 e. The number of hydrogen-bond donors (Lipinski definition) is 0. The first kappa shape index (κ1) is 35.0. The smallest absolute Gasteiger partial charge is 0.127 e. The molecule has 2 fully saturated rings. The highest BCUT2D eigenvalue weighted by molar-refractivity contribution is 6.76. The normalized spacial score (nSPS) is 25.2. The second-order valence-electron chi connectivity index (χ2n) is 18.2. The average Bonchev–Trinajstić information content (AvgIpc) is 3.55. The van der Waals surface area contributed by atoms with Crippen LogP contribution in [-0.2, 0) is 5.41 Å². The second kappa shape index (κ2) is 13.6. The number of unbranched alkanes of at least 4 members (excludes halogenated alkanes) is 2. The molecule has 49 heavy (non-hydrogen) atoms. The average molecular weight is 672 g/mol. The zero-order chi connectivity index (χ0) is 34.6. The van der Waals surface area contributed by atoms with E-state index in [4.69, 9.17) is 0 Å². The zero-order valence-corrected chi connectivity index (χ0v) is 33.2. The highest BCUT2D eigenvalue weighted by Gasteiger charge is 2.56. The van der Waals surface area contributed by atoms with Crippen molar-refractivity contribution in [3.05, 3.63) is 89.5 Å². The largest absolute Gasteiger partial charge is 0.316 e. The van der Waals surface area contributed by atoms with Crippen molar-refractivity contribution in [2.75, 3.05) is 0 Å². The third-order valence-electron chi connectivity index (χ3n) is 13.7. The van der Waals surface area contributed by atoms with Crippen molar-refractivity contribution in [2.24, 2.45) is 17.8 Å². The summed E-state index contributed by atoms with van der Waals surface area (Å²) >= 11 is 0. The van der Waals surface area contributed by atoms with E-state index < -0.39 is 8.24 Å². The van der Waals surface area contributed by atoms with Crippen LogP contribution in [0.2, 0.25) is 18.6 Å². The monoisotopic (exact) mass is 671 g/mol. The molecule has 0 aliphatic heterocycles. The lowest BCUT2D eigenvalue weighted by atomic mass is 9.68. The number of benzene rings is 3. The van der Waals surface area contributed by atoms with E-state index in [9.17, 15) is 0 Å². The number of hydrogen-bond acceptors (Lipinski definition) is 1. The molecule has 0 radical (unpaired) electrons. The van der Waals surface area contributed by atoms with Gasteiger partial charge in [-0.05, 0) is 126 Å². The third-order valence-corrected chi connectivity index (χ3v) is 18.5. The Labute approximate surface area is 300 Å². The SMILES string of the molecule is CCCCC1(CCCC)C2=CC3C(C=C2c2ccc(-c4cccc5ccccc45)cc21)CC(C)C3[Si](C)(C)N(C1CCCCC1)C(C)(C)C. The molecule has 0 heterocycles. The second-order valence-corrected chi connectivity index (χ2v) is 22.7. The fraction of sp³-hybridized carbons (Fsp3) is 0.574. The molecule has 4 atom stereocenters. The van der Waals surface area contributed by atoms with Crippen molar-refractivity contribution in [1.29, 1.82) is 0 Å². The Bertz CT molecular complexity index is 1700. The highest BCUT2D eigenvalue weighted by Crippen LogP contribution is 2.63. The summed E-state index contributed by atoms with van der Waals surface area (Å²) < 4.78 is 3.17. The van der Waals surface area contributed by atoms with Crippen LogP contribution in [0.4, 0.5) is 0 Å². The van der Waals surface area contributed by atoms with Gasteiger partial charge in [-0.2, -0.15) is 0 Å². The fourth-order valence-corrected chi connectivity index (χ4v) is 18.2. The summed E-state index contributed by atoms with van der Waals surface area (Å²) in [5.41, 5.74) is 10.4. The first-order valence-corrected chi connectivity index (χ1v) is 23.4. The summed E-state index contributed by atoms with van der Waals surface area (Å²) in [5, 5.41) is 2.70. The van der Waals surface area contributed by atoms with Gasteiger partial charge in [-0.1, -0.05) is 146 Å². The topological polar surface area (TPSA) is 3.24 Å². The molecule has 4 aliphatic rings. The van der Waals surface area contributed by atoms with Gasteiger partial charge in [-0.25, -0.2) is 0 Å². The van der Waals surface area contributed by atoms with Gasteiger partial charge in [0.1, 0.15) is 8.24 Å². The van der Waals surface area contributed by atoms with Crippen LogP contribution >= 0.6 is 0 Å². The van der Waals surface area contributed by atoms with Gasteiger partial charge in [-0.15, -0.1) is 0 Å². The summed E-state index contributed by atoms with van der Waals surface area (Å²) in [6.45, 7) is 20.6. The fourth-order valence-electron chi connectivity index (χ4n) is 12.2. The van der Waals surface area contributed by atoms with Crippen molar-refractivity contribution >= 4 is 24.6 Å². The standard InChI is InChI=1S/C47H65NSi/c1-9-11-27-47(28-12-10-2)43-31-35(39-24-18-20-34-19-16-17-23-38(34)39)25-26-40(43)42-30-36-29-33(3)45(41(36)32-44(42)47)49(7,8)48(46(4,5)6)37-21-14-13-15-22-37/h16-20,23-26,30-33,36-37,41,45H,9-15,21-22,27-29H2,1-8H3. The van der Waals surface area contributed by atoms with E-state index in [1.807, 2.05) is 0 Å². The van der Waals surface area contributed by atoms with Gasteiger partial charge in [0.2, 0.25) is 0 Å². The number of allylic oxidation sites excluding steroid dienone is 4. The van der Waals surface area contributed by atoms with Crippen molar-refractivity contribution in [1.82, 2.24) is 4.57 Å². The Morgan fingerprint density at radius 1 is 0.816 bits per heavy atom. The van der Waals surface area contributed by atoms with Gasteiger partial charge >= 0.3 is 0 Å². The first-order chi connectivity index (χ1) is 23.5. The molecule has 0 spiro atoms. The van der Waals surface area contributed by atoms with Crippen LogP contribution in [0.25, 0.3) is 27.5 Å². The summed E-state index contributed by atoms with van der Waals surface area (Å²) in [4.78, 5) is 0. The number of nitrogens with zero attached hydrogens (tertiary/aromatic N) is 1. The molecule has 2 saturated carbocycles. The molecule has 4 unspecified atom stereocenters. The van der Waals surface area contributed by atoms with E-state index in [-0.39, 0.29) is 11.0 Å². The van der Waals surface area contributed by atoms with E-state index >= 15 is 0 Å². The lowest BCUT2D eigenvalue weighted by molar-refractivity contribution is 0.139. The summed E-state index contributed by atoms with van der Waals surface area (Å²) in [6, 6.07) is 24.2. The Hall–Kier alpha value is -2.42. The Morgan fingerprint density at radius 3 is 2.20 bits per heavy atom. The predicted molar refractivity (Wildman–Crippen MR) is 217 cm³/mol. The molecule has 1 nitrogen and oxygen atoms in total. The van der Waals surface area contributed by atoms with Crippen LogP contribution < -0.4 is 0 Å². The van der Waals surface area contributed by atoms with Crippen molar-refractivity contribution in [3.63, 3.8) is 0 Å². The molecule has 2 heteroatoms. The lowest BCUT2D eigenvalue weighted by Crippen LogP contribution is -2.65. The van der Waals surface area contributed by atoms with E-state index in [2.05, 4.69) is 132 Å². The maximum atomic E-state index is 3.17.